The molecule has 0 fully saturated rings. The number of carboxylic acids is 1. The highest BCUT2D eigenvalue weighted by Gasteiger charge is 2.25. The van der Waals surface area contributed by atoms with Gasteiger partial charge in [0.05, 0.1) is 11.4 Å². The number of benzene rings is 2. The second-order valence-electron chi connectivity index (χ2n) is 4.29. The van der Waals surface area contributed by atoms with E-state index < -0.39 is 5.97 Å². The van der Waals surface area contributed by atoms with Gasteiger partial charge >= 0.3 is 5.97 Å². The van der Waals surface area contributed by atoms with Crippen molar-refractivity contribution in [2.24, 2.45) is 10.2 Å². The van der Waals surface area contributed by atoms with E-state index in [9.17, 15) is 9.90 Å². The normalized spacial score (nSPS) is 14.0. The maximum Gasteiger partial charge on any atom is 0.375 e. The van der Waals surface area contributed by atoms with Crippen LogP contribution in [-0.2, 0) is 4.79 Å². The summed E-state index contributed by atoms with van der Waals surface area (Å²) in [5.74, 6) is -1.30. The first-order valence-corrected chi connectivity index (χ1v) is 6.31. The molecule has 0 spiro atoms. The van der Waals surface area contributed by atoms with Crippen LogP contribution in [0.4, 0.5) is 11.4 Å². The third-order valence-corrected chi connectivity index (χ3v) is 2.89. The molecule has 0 bridgehead atoms. The van der Waals surface area contributed by atoms with Gasteiger partial charge in [-0.05, 0) is 24.3 Å². The molecule has 0 aliphatic carbocycles. The van der Waals surface area contributed by atoms with E-state index >= 15 is 0 Å². The molecule has 1 aliphatic heterocycles. The van der Waals surface area contributed by atoms with Gasteiger partial charge in [-0.3, -0.25) is 0 Å². The zero-order valence-corrected chi connectivity index (χ0v) is 11.0. The van der Waals surface area contributed by atoms with Gasteiger partial charge in [-0.15, -0.1) is 5.10 Å². The van der Waals surface area contributed by atoms with E-state index in [4.69, 9.17) is 0 Å². The number of hydrogen-bond donors (Lipinski definition) is 1. The van der Waals surface area contributed by atoms with Crippen molar-refractivity contribution in [1.29, 1.82) is 0 Å². The van der Waals surface area contributed by atoms with Crippen LogP contribution in [-0.4, -0.2) is 23.2 Å². The van der Waals surface area contributed by atoms with E-state index in [0.29, 0.717) is 5.69 Å². The van der Waals surface area contributed by atoms with E-state index in [1.165, 1.54) is 16.4 Å². The number of nitrogens with zero attached hydrogens (tertiary/aromatic N) is 4. The highest BCUT2D eigenvalue weighted by molar-refractivity contribution is 6.40. The van der Waals surface area contributed by atoms with E-state index in [2.05, 4.69) is 10.2 Å². The van der Waals surface area contributed by atoms with Crippen LogP contribution in [0.5, 0.6) is 0 Å². The van der Waals surface area contributed by atoms with Crippen LogP contribution in [0.15, 0.2) is 70.9 Å². The van der Waals surface area contributed by atoms with E-state index in [1.807, 2.05) is 48.5 Å². The molecule has 6 nitrogen and oxygen atoms in total. The summed E-state index contributed by atoms with van der Waals surface area (Å²) in [4.78, 5) is 11.4. The Balaban J connectivity index is 1.97. The number of aliphatic carboxylic acids is 1. The molecule has 0 unspecified atom stereocenters. The number of hydrogen-bond acceptors (Lipinski definition) is 5. The Labute approximate surface area is 121 Å². The van der Waals surface area contributed by atoms with Crippen LogP contribution >= 0.6 is 0 Å². The van der Waals surface area contributed by atoms with Crippen molar-refractivity contribution in [3.8, 4) is 0 Å². The van der Waals surface area contributed by atoms with Gasteiger partial charge in [0.2, 0.25) is 0 Å². The molecule has 6 heteroatoms. The Morgan fingerprint density at radius 3 is 2.05 bits per heavy atom. The minimum absolute atomic E-state index is 0.160. The molecule has 0 radical (unpaired) electrons. The van der Waals surface area contributed by atoms with Gasteiger partial charge in [-0.25, -0.2) is 14.8 Å². The molecule has 3 rings (SSSR count). The third-order valence-electron chi connectivity index (χ3n) is 2.89. The fourth-order valence-electron chi connectivity index (χ4n) is 1.92. The number of amidine groups is 1. The average Bonchev–Trinajstić information content (AvgIpc) is 2.56. The fraction of sp³-hybridized carbons (Fsp3) is 0. The number of para-hydroxylation sites is 2. The molecule has 2 aromatic rings. The van der Waals surface area contributed by atoms with Crippen molar-refractivity contribution in [1.82, 2.24) is 0 Å². The second-order valence-corrected chi connectivity index (χ2v) is 4.29. The van der Waals surface area contributed by atoms with E-state index in [1.54, 1.807) is 12.1 Å². The first-order chi connectivity index (χ1) is 10.3. The maximum atomic E-state index is 11.4. The number of carboxylic acid groups (broad SMARTS) is 1. The molecule has 0 saturated carbocycles. The van der Waals surface area contributed by atoms with E-state index in [0.717, 1.165) is 5.69 Å². The molecule has 0 saturated heterocycles. The topological polar surface area (TPSA) is 68.5 Å². The van der Waals surface area contributed by atoms with Gasteiger partial charge in [-0.1, -0.05) is 36.4 Å². The lowest BCUT2D eigenvalue weighted by molar-refractivity contribution is -0.129. The maximum absolute atomic E-state index is 11.4. The van der Waals surface area contributed by atoms with Gasteiger partial charge < -0.3 is 5.11 Å². The standard InChI is InChI=1S/C15H12N4O2/c20-15(21)14-17-18(12-7-3-1-4-8-12)11-16-19(14)13-9-5-2-6-10-13/h1-11H,(H,20,21). The van der Waals surface area contributed by atoms with Gasteiger partial charge in [0.15, 0.2) is 0 Å². The quantitative estimate of drug-likeness (QED) is 0.937. The zero-order chi connectivity index (χ0) is 14.7. The lowest BCUT2D eigenvalue weighted by Crippen LogP contribution is -2.39. The first kappa shape index (κ1) is 12.9. The molecule has 1 N–H and O–H groups in total. The smallest absolute Gasteiger partial charge is 0.375 e. The summed E-state index contributed by atoms with van der Waals surface area (Å²) in [5.41, 5.74) is 1.38. The van der Waals surface area contributed by atoms with Gasteiger partial charge in [-0.2, -0.15) is 5.10 Å². The SMILES string of the molecule is O=C(O)C1=NN(c2ccccc2)C=NN1c1ccccc1. The molecule has 0 atom stereocenters. The number of hydrazone groups is 2. The monoisotopic (exact) mass is 280 g/mol. The highest BCUT2D eigenvalue weighted by atomic mass is 16.4. The predicted octanol–water partition coefficient (Wildman–Crippen LogP) is 2.35. The second kappa shape index (κ2) is 5.46. The van der Waals surface area contributed by atoms with Crippen molar-refractivity contribution in [2.45, 2.75) is 0 Å². The molecule has 0 aromatic heterocycles. The largest absolute Gasteiger partial charge is 0.475 e. The molecule has 104 valence electrons. The van der Waals surface area contributed by atoms with E-state index in [-0.39, 0.29) is 5.84 Å². The summed E-state index contributed by atoms with van der Waals surface area (Å²) >= 11 is 0. The van der Waals surface area contributed by atoms with Crippen LogP contribution in [0.3, 0.4) is 0 Å². The van der Waals surface area contributed by atoms with Crippen LogP contribution in [0.25, 0.3) is 0 Å². The van der Waals surface area contributed by atoms with Crippen LogP contribution in [0, 0.1) is 0 Å². The van der Waals surface area contributed by atoms with Gasteiger partial charge in [0, 0.05) is 0 Å². The Morgan fingerprint density at radius 1 is 0.905 bits per heavy atom. The molecule has 0 amide bonds. The summed E-state index contributed by atoms with van der Waals surface area (Å²) in [6.45, 7) is 0. The Bertz CT molecular complexity index is 698. The van der Waals surface area contributed by atoms with Crippen LogP contribution < -0.4 is 10.0 Å². The lowest BCUT2D eigenvalue weighted by Gasteiger charge is -2.25. The molecule has 21 heavy (non-hydrogen) atoms. The van der Waals surface area contributed by atoms with Gasteiger partial charge in [0.25, 0.3) is 5.84 Å². The third kappa shape index (κ3) is 2.59. The first-order valence-electron chi connectivity index (χ1n) is 6.31. The Hall–Kier alpha value is -3.15. The molecule has 2 aromatic carbocycles. The Kier molecular flexibility index (Phi) is 3.34. The number of carbonyl (C=O) groups is 1. The lowest BCUT2D eigenvalue weighted by atomic mass is 10.3. The summed E-state index contributed by atoms with van der Waals surface area (Å²) < 4.78 is 0. The Morgan fingerprint density at radius 2 is 1.48 bits per heavy atom. The van der Waals surface area contributed by atoms with Crippen LogP contribution in [0.2, 0.25) is 0 Å². The molecule has 1 heterocycles. The summed E-state index contributed by atoms with van der Waals surface area (Å²) in [7, 11) is 0. The predicted molar refractivity (Wildman–Crippen MR) is 81.4 cm³/mol. The van der Waals surface area contributed by atoms with Crippen molar-refractivity contribution < 1.29 is 9.90 Å². The van der Waals surface area contributed by atoms with Crippen LogP contribution in [0.1, 0.15) is 0 Å². The summed E-state index contributed by atoms with van der Waals surface area (Å²) in [6, 6.07) is 18.3. The van der Waals surface area contributed by atoms with Crippen molar-refractivity contribution in [2.75, 3.05) is 10.0 Å². The summed E-state index contributed by atoms with van der Waals surface area (Å²) in [6.07, 6.45) is 1.48. The molecule has 1 aliphatic rings. The minimum Gasteiger partial charge on any atom is -0.475 e. The highest BCUT2D eigenvalue weighted by Crippen LogP contribution is 2.20. The van der Waals surface area contributed by atoms with Crippen molar-refractivity contribution in [3.05, 3.63) is 60.7 Å². The average molecular weight is 280 g/mol. The fourth-order valence-corrected chi connectivity index (χ4v) is 1.92. The molecular weight excluding hydrogens is 268 g/mol. The summed E-state index contributed by atoms with van der Waals surface area (Å²) in [5, 5.41) is 20.4. The van der Waals surface area contributed by atoms with Crippen molar-refractivity contribution in [3.63, 3.8) is 0 Å². The van der Waals surface area contributed by atoms with Crippen molar-refractivity contribution >= 4 is 29.5 Å². The zero-order valence-electron chi connectivity index (χ0n) is 11.0. The van der Waals surface area contributed by atoms with Gasteiger partial charge in [0.1, 0.15) is 6.34 Å². The minimum atomic E-state index is -1.14. The molecular formula is C15H12N4O2. The number of rotatable bonds is 3. The number of anilines is 2.